The van der Waals surface area contributed by atoms with Crippen LogP contribution >= 0.6 is 0 Å². The fourth-order valence-electron chi connectivity index (χ4n) is 0.635. The maximum atomic E-state index is 5.61. The molecule has 0 heterocycles. The van der Waals surface area contributed by atoms with Gasteiger partial charge in [0.15, 0.2) is 0 Å². The van der Waals surface area contributed by atoms with Crippen molar-refractivity contribution in [1.29, 1.82) is 0 Å². The summed E-state index contributed by atoms with van der Waals surface area (Å²) < 4.78 is 10.6. The lowest BCUT2D eigenvalue weighted by molar-refractivity contribution is 0.145. The topological polar surface area (TPSA) is 18.5 Å². The van der Waals surface area contributed by atoms with Crippen LogP contribution in [0.1, 0.15) is 13.3 Å². The van der Waals surface area contributed by atoms with Gasteiger partial charge < -0.3 is 9.16 Å². The summed E-state index contributed by atoms with van der Waals surface area (Å²) in [6, 6.07) is 0. The van der Waals surface area contributed by atoms with E-state index in [1.54, 1.807) is 7.11 Å². The van der Waals surface area contributed by atoms with E-state index in [4.69, 9.17) is 9.16 Å². The summed E-state index contributed by atoms with van der Waals surface area (Å²) in [7, 11) is 0.169. The van der Waals surface area contributed by atoms with Crippen LogP contribution in [0.3, 0.4) is 0 Å². The maximum Gasteiger partial charge on any atom is 0.260 e. The molecule has 0 fully saturated rings. The molecule has 66 valence electrons. The fourth-order valence-corrected chi connectivity index (χ4v) is 1.41. The van der Waals surface area contributed by atoms with Crippen molar-refractivity contribution in [3.63, 3.8) is 0 Å². The molecule has 0 saturated heterocycles. The van der Waals surface area contributed by atoms with E-state index in [9.17, 15) is 0 Å². The highest BCUT2D eigenvalue weighted by Gasteiger charge is 2.17. The summed E-state index contributed by atoms with van der Waals surface area (Å²) in [4.78, 5) is 0. The van der Waals surface area contributed by atoms with Gasteiger partial charge in [-0.2, -0.15) is 0 Å². The van der Waals surface area contributed by atoms with Gasteiger partial charge in [-0.3, -0.25) is 0 Å². The average Bonchev–Trinajstić information content (AvgIpc) is 1.84. The Hall–Kier alpha value is -0.443. The number of hydrogen-bond acceptors (Lipinski definition) is 2. The Balaban J connectivity index is 3.99. The zero-order valence-corrected chi connectivity index (χ0v) is 9.10. The first-order valence-corrected chi connectivity index (χ1v) is 7.33. The molecule has 0 aliphatic carbocycles. The van der Waals surface area contributed by atoms with Crippen LogP contribution in [0.15, 0.2) is 12.0 Å². The summed E-state index contributed by atoms with van der Waals surface area (Å²) >= 11 is 0. The van der Waals surface area contributed by atoms with Gasteiger partial charge in [0.25, 0.3) is 5.95 Å². The average molecular weight is 174 g/mol. The summed E-state index contributed by atoms with van der Waals surface area (Å²) in [6.07, 6.45) is 2.91. The monoisotopic (exact) mass is 174 g/mol. The Morgan fingerprint density at radius 1 is 1.36 bits per heavy atom. The van der Waals surface area contributed by atoms with Crippen molar-refractivity contribution in [3.8, 4) is 0 Å². The standard InChI is InChI=1S/C8H18O2Si/c1-6-7-8(9-2)10-11(3,4)5/h7H,6H2,1-5H3. The largest absolute Gasteiger partial charge is 0.520 e. The SMILES string of the molecule is CCC=C(OC)O[Si](C)(C)C. The molecular formula is C8H18O2Si. The molecule has 2 nitrogen and oxygen atoms in total. The lowest BCUT2D eigenvalue weighted by Gasteiger charge is -2.20. The molecule has 0 amide bonds. The summed E-state index contributed by atoms with van der Waals surface area (Å²) in [6.45, 7) is 8.47. The second kappa shape index (κ2) is 4.44. The van der Waals surface area contributed by atoms with Crippen molar-refractivity contribution in [1.82, 2.24) is 0 Å². The highest BCUT2D eigenvalue weighted by Crippen LogP contribution is 2.10. The van der Waals surface area contributed by atoms with Crippen molar-refractivity contribution in [2.24, 2.45) is 0 Å². The Morgan fingerprint density at radius 2 is 1.91 bits per heavy atom. The van der Waals surface area contributed by atoms with Crippen LogP contribution in [0.4, 0.5) is 0 Å². The summed E-state index contributed by atoms with van der Waals surface area (Å²) in [5, 5.41) is 0. The molecule has 0 aliphatic heterocycles. The van der Waals surface area contributed by atoms with Gasteiger partial charge in [0.2, 0.25) is 8.32 Å². The van der Waals surface area contributed by atoms with Gasteiger partial charge >= 0.3 is 0 Å². The zero-order valence-electron chi connectivity index (χ0n) is 8.10. The Labute approximate surface area is 70.3 Å². The molecule has 0 atom stereocenters. The molecule has 0 radical (unpaired) electrons. The molecule has 0 spiro atoms. The summed E-state index contributed by atoms with van der Waals surface area (Å²) in [5.41, 5.74) is 0. The first-order valence-electron chi connectivity index (χ1n) is 3.92. The van der Waals surface area contributed by atoms with Crippen molar-refractivity contribution < 1.29 is 9.16 Å². The maximum absolute atomic E-state index is 5.61. The molecule has 0 rings (SSSR count). The van der Waals surface area contributed by atoms with E-state index in [0.717, 1.165) is 6.42 Å². The second-order valence-corrected chi connectivity index (χ2v) is 7.78. The van der Waals surface area contributed by atoms with Gasteiger partial charge in [-0.1, -0.05) is 6.92 Å². The van der Waals surface area contributed by atoms with Gasteiger partial charge in [0.05, 0.1) is 7.11 Å². The molecule has 0 aromatic rings. The molecule has 0 aliphatic rings. The second-order valence-electron chi connectivity index (χ2n) is 3.35. The van der Waals surface area contributed by atoms with Gasteiger partial charge in [0.1, 0.15) is 0 Å². The predicted octanol–water partition coefficient (Wildman–Crippen LogP) is 2.74. The van der Waals surface area contributed by atoms with E-state index < -0.39 is 8.32 Å². The van der Waals surface area contributed by atoms with E-state index in [0.29, 0.717) is 5.95 Å². The summed E-state index contributed by atoms with van der Waals surface area (Å²) in [5.74, 6) is 0.673. The number of methoxy groups -OCH3 is 1. The lowest BCUT2D eigenvalue weighted by atomic mass is 10.5. The van der Waals surface area contributed by atoms with E-state index >= 15 is 0 Å². The first-order chi connectivity index (χ1) is 4.99. The highest BCUT2D eigenvalue weighted by molar-refractivity contribution is 6.69. The Kier molecular flexibility index (Phi) is 4.26. The van der Waals surface area contributed by atoms with Gasteiger partial charge in [0, 0.05) is 0 Å². The Morgan fingerprint density at radius 3 is 2.18 bits per heavy atom. The Bertz CT molecular complexity index is 136. The van der Waals surface area contributed by atoms with Crippen LogP contribution < -0.4 is 0 Å². The van der Waals surface area contributed by atoms with Gasteiger partial charge in [-0.05, 0) is 32.1 Å². The van der Waals surface area contributed by atoms with Crippen LogP contribution in [0.25, 0.3) is 0 Å². The molecule has 0 aromatic heterocycles. The number of hydrogen-bond donors (Lipinski definition) is 0. The minimum absolute atomic E-state index is 0.673. The van der Waals surface area contributed by atoms with Gasteiger partial charge in [-0.25, -0.2) is 0 Å². The first kappa shape index (κ1) is 10.6. The lowest BCUT2D eigenvalue weighted by Crippen LogP contribution is -2.25. The number of allylic oxidation sites excluding steroid dienone is 1. The van der Waals surface area contributed by atoms with Crippen molar-refractivity contribution in [3.05, 3.63) is 12.0 Å². The van der Waals surface area contributed by atoms with Crippen LogP contribution in [0, 0.1) is 0 Å². The molecule has 11 heavy (non-hydrogen) atoms. The van der Waals surface area contributed by atoms with Crippen LogP contribution in [0.2, 0.25) is 19.6 Å². The highest BCUT2D eigenvalue weighted by atomic mass is 28.4. The van der Waals surface area contributed by atoms with Crippen molar-refractivity contribution in [2.45, 2.75) is 33.0 Å². The third kappa shape index (κ3) is 5.98. The molecule has 0 aromatic carbocycles. The predicted molar refractivity (Wildman–Crippen MR) is 49.8 cm³/mol. The van der Waals surface area contributed by atoms with Crippen molar-refractivity contribution >= 4 is 8.32 Å². The third-order valence-corrected chi connectivity index (χ3v) is 1.79. The van der Waals surface area contributed by atoms with E-state index in [2.05, 4.69) is 26.6 Å². The molecular weight excluding hydrogens is 156 g/mol. The minimum atomic E-state index is -1.47. The van der Waals surface area contributed by atoms with Crippen molar-refractivity contribution in [2.75, 3.05) is 7.11 Å². The van der Waals surface area contributed by atoms with Gasteiger partial charge in [-0.15, -0.1) is 0 Å². The molecule has 0 N–H and O–H groups in total. The van der Waals surface area contributed by atoms with Crippen LogP contribution in [0.5, 0.6) is 0 Å². The van der Waals surface area contributed by atoms with Crippen LogP contribution in [-0.2, 0) is 9.16 Å². The number of rotatable bonds is 4. The third-order valence-electron chi connectivity index (χ3n) is 0.979. The molecule has 0 saturated carbocycles. The normalized spacial score (nSPS) is 13.0. The smallest absolute Gasteiger partial charge is 0.260 e. The van der Waals surface area contributed by atoms with Crippen LogP contribution in [-0.4, -0.2) is 15.4 Å². The number of ether oxygens (including phenoxy) is 1. The zero-order chi connectivity index (χ0) is 8.91. The fraction of sp³-hybridized carbons (Fsp3) is 0.750. The van der Waals surface area contributed by atoms with E-state index in [1.165, 1.54) is 0 Å². The minimum Gasteiger partial charge on any atom is -0.520 e. The quantitative estimate of drug-likeness (QED) is 0.482. The van der Waals surface area contributed by atoms with E-state index in [1.807, 2.05) is 6.08 Å². The molecule has 3 heteroatoms. The van der Waals surface area contributed by atoms with E-state index in [-0.39, 0.29) is 0 Å². The molecule has 0 unspecified atom stereocenters. The molecule has 0 bridgehead atoms.